The molecule has 0 saturated carbocycles. The number of methoxy groups -OCH3 is 1. The van der Waals surface area contributed by atoms with Gasteiger partial charge in [-0.25, -0.2) is 0 Å². The molecule has 1 atom stereocenters. The van der Waals surface area contributed by atoms with Crippen LogP contribution in [0.4, 0.5) is 0 Å². The van der Waals surface area contributed by atoms with Crippen molar-refractivity contribution < 1.29 is 9.53 Å². The Balaban J connectivity index is 2.09. The molecule has 0 aliphatic heterocycles. The van der Waals surface area contributed by atoms with Gasteiger partial charge in [-0.3, -0.25) is 9.78 Å². The van der Waals surface area contributed by atoms with Gasteiger partial charge in [0, 0.05) is 23.9 Å². The molecule has 2 N–H and O–H groups in total. The van der Waals surface area contributed by atoms with Crippen molar-refractivity contribution in [1.82, 2.24) is 4.98 Å². The highest BCUT2D eigenvalue weighted by molar-refractivity contribution is 5.95. The van der Waals surface area contributed by atoms with Gasteiger partial charge in [0.1, 0.15) is 5.75 Å². The van der Waals surface area contributed by atoms with Crippen LogP contribution in [0.25, 0.3) is 11.1 Å². The van der Waals surface area contributed by atoms with Crippen LogP contribution in [0.15, 0.2) is 60.9 Å². The predicted octanol–water partition coefficient (Wildman–Crippen LogP) is 4.32. The van der Waals surface area contributed by atoms with E-state index in [1.165, 1.54) is 0 Å². The van der Waals surface area contributed by atoms with E-state index in [2.05, 4.69) is 18.0 Å². The first-order valence-electron chi connectivity index (χ1n) is 8.50. The fourth-order valence-corrected chi connectivity index (χ4v) is 3.18. The third kappa shape index (κ3) is 3.45. The van der Waals surface area contributed by atoms with Gasteiger partial charge in [-0.05, 0) is 65.1 Å². The van der Waals surface area contributed by atoms with Crippen LogP contribution in [0.2, 0.25) is 0 Å². The number of pyridine rings is 1. The molecule has 3 aromatic rings. The fourth-order valence-electron chi connectivity index (χ4n) is 3.18. The number of ether oxygens (including phenoxy) is 1. The molecular formula is C22H22N2O2. The van der Waals surface area contributed by atoms with Crippen molar-refractivity contribution in [2.24, 2.45) is 5.73 Å². The highest BCUT2D eigenvalue weighted by atomic mass is 16.5. The maximum atomic E-state index is 12.0. The zero-order valence-corrected chi connectivity index (χ0v) is 15.2. The smallest absolute Gasteiger partial charge is 0.248 e. The van der Waals surface area contributed by atoms with Crippen molar-refractivity contribution in [1.29, 1.82) is 0 Å². The summed E-state index contributed by atoms with van der Waals surface area (Å²) in [5.74, 6) is 0.404. The number of aryl methyl sites for hydroxylation is 1. The van der Waals surface area contributed by atoms with Gasteiger partial charge in [0.25, 0.3) is 0 Å². The lowest BCUT2D eigenvalue weighted by molar-refractivity contribution is 0.0999. The Morgan fingerprint density at radius 3 is 2.46 bits per heavy atom. The summed E-state index contributed by atoms with van der Waals surface area (Å²) in [6.07, 6.45) is 3.61. The maximum Gasteiger partial charge on any atom is 0.248 e. The molecule has 0 fully saturated rings. The first kappa shape index (κ1) is 17.7. The summed E-state index contributed by atoms with van der Waals surface area (Å²) in [5, 5.41) is 0. The lowest BCUT2D eigenvalue weighted by Gasteiger charge is -2.18. The number of carbonyl (C=O) groups is 1. The summed E-state index contributed by atoms with van der Waals surface area (Å²) >= 11 is 0. The highest BCUT2D eigenvalue weighted by Gasteiger charge is 2.17. The number of hydrogen-bond donors (Lipinski definition) is 1. The average molecular weight is 346 g/mol. The molecule has 0 saturated heterocycles. The minimum atomic E-state index is -0.418. The van der Waals surface area contributed by atoms with Gasteiger partial charge in [0.05, 0.1) is 7.11 Å². The Morgan fingerprint density at radius 2 is 1.85 bits per heavy atom. The molecule has 132 valence electrons. The van der Waals surface area contributed by atoms with Crippen molar-refractivity contribution in [3.8, 4) is 16.9 Å². The number of aromatic nitrogens is 1. The second kappa shape index (κ2) is 7.40. The number of rotatable bonds is 5. The molecular weight excluding hydrogens is 324 g/mol. The van der Waals surface area contributed by atoms with E-state index in [0.717, 1.165) is 33.6 Å². The predicted molar refractivity (Wildman–Crippen MR) is 103 cm³/mol. The van der Waals surface area contributed by atoms with Gasteiger partial charge in [-0.2, -0.15) is 0 Å². The van der Waals surface area contributed by atoms with E-state index in [-0.39, 0.29) is 5.92 Å². The third-order valence-corrected chi connectivity index (χ3v) is 4.73. The highest BCUT2D eigenvalue weighted by Crippen LogP contribution is 2.32. The number of carbonyl (C=O) groups excluding carboxylic acids is 1. The van der Waals surface area contributed by atoms with Crippen LogP contribution >= 0.6 is 0 Å². The maximum absolute atomic E-state index is 12.0. The molecule has 0 aliphatic carbocycles. The molecule has 0 unspecified atom stereocenters. The number of nitrogens with zero attached hydrogens (tertiary/aromatic N) is 1. The van der Waals surface area contributed by atoms with E-state index in [0.29, 0.717) is 5.56 Å². The molecule has 0 radical (unpaired) electrons. The molecule has 0 spiro atoms. The lowest BCUT2D eigenvalue weighted by Crippen LogP contribution is -2.15. The Hall–Kier alpha value is -3.14. The van der Waals surface area contributed by atoms with Gasteiger partial charge in [-0.15, -0.1) is 0 Å². The Morgan fingerprint density at radius 1 is 1.12 bits per heavy atom. The van der Waals surface area contributed by atoms with Crippen LogP contribution in [-0.4, -0.2) is 18.0 Å². The minimum absolute atomic E-state index is 0.0190. The van der Waals surface area contributed by atoms with Crippen LogP contribution in [0, 0.1) is 6.92 Å². The standard InChI is InChI=1S/C22H22N2O2/c1-14-13-24-11-10-19(14)17-6-9-20(22(23)25)21(12-17)15(2)16-4-7-18(26-3)8-5-16/h4-13,15H,1-3H3,(H2,23,25)/t15-/m1/s1. The van der Waals surface area contributed by atoms with E-state index in [1.807, 2.05) is 55.6 Å². The summed E-state index contributed by atoms with van der Waals surface area (Å²) in [7, 11) is 1.64. The normalized spacial score (nSPS) is 11.8. The van der Waals surface area contributed by atoms with Crippen molar-refractivity contribution in [2.45, 2.75) is 19.8 Å². The van der Waals surface area contributed by atoms with Gasteiger partial charge in [-0.1, -0.05) is 25.1 Å². The number of nitrogens with two attached hydrogens (primary N) is 1. The molecule has 4 heteroatoms. The molecule has 0 bridgehead atoms. The van der Waals surface area contributed by atoms with E-state index < -0.39 is 5.91 Å². The first-order valence-corrected chi connectivity index (χ1v) is 8.50. The summed E-state index contributed by atoms with van der Waals surface area (Å²) in [5.41, 5.74) is 11.4. The zero-order valence-electron chi connectivity index (χ0n) is 15.2. The molecule has 3 rings (SSSR count). The van der Waals surface area contributed by atoms with E-state index in [4.69, 9.17) is 10.5 Å². The Bertz CT molecular complexity index is 933. The Labute approximate surface area is 153 Å². The summed E-state index contributed by atoms with van der Waals surface area (Å²) < 4.78 is 5.23. The van der Waals surface area contributed by atoms with Gasteiger partial charge in [0.2, 0.25) is 5.91 Å². The van der Waals surface area contributed by atoms with Crippen LogP contribution in [0.1, 0.15) is 39.9 Å². The Kier molecular flexibility index (Phi) is 5.03. The minimum Gasteiger partial charge on any atom is -0.497 e. The van der Waals surface area contributed by atoms with Crippen LogP contribution in [0.5, 0.6) is 5.75 Å². The number of amides is 1. The summed E-state index contributed by atoms with van der Waals surface area (Å²) in [4.78, 5) is 16.1. The van der Waals surface area contributed by atoms with E-state index in [9.17, 15) is 4.79 Å². The topological polar surface area (TPSA) is 65.2 Å². The van der Waals surface area contributed by atoms with Crippen molar-refractivity contribution in [2.75, 3.05) is 7.11 Å². The molecule has 0 aliphatic rings. The molecule has 1 heterocycles. The third-order valence-electron chi connectivity index (χ3n) is 4.73. The van der Waals surface area contributed by atoms with Gasteiger partial charge >= 0.3 is 0 Å². The fraction of sp³-hybridized carbons (Fsp3) is 0.182. The molecule has 1 amide bonds. The zero-order chi connectivity index (χ0) is 18.7. The van der Waals surface area contributed by atoms with E-state index in [1.54, 1.807) is 13.3 Å². The average Bonchev–Trinajstić information content (AvgIpc) is 2.67. The molecule has 26 heavy (non-hydrogen) atoms. The second-order valence-corrected chi connectivity index (χ2v) is 6.35. The van der Waals surface area contributed by atoms with Crippen molar-refractivity contribution in [3.63, 3.8) is 0 Å². The van der Waals surface area contributed by atoms with Gasteiger partial charge < -0.3 is 10.5 Å². The SMILES string of the molecule is COc1ccc([C@@H](C)c2cc(-c3ccncc3C)ccc2C(N)=O)cc1. The summed E-state index contributed by atoms with van der Waals surface area (Å²) in [6.45, 7) is 4.10. The molecule has 2 aromatic carbocycles. The number of benzene rings is 2. The largest absolute Gasteiger partial charge is 0.497 e. The van der Waals surface area contributed by atoms with Gasteiger partial charge in [0.15, 0.2) is 0 Å². The van der Waals surface area contributed by atoms with Crippen molar-refractivity contribution >= 4 is 5.91 Å². The second-order valence-electron chi connectivity index (χ2n) is 6.35. The monoisotopic (exact) mass is 346 g/mol. The van der Waals surface area contributed by atoms with Crippen LogP contribution in [-0.2, 0) is 0 Å². The quantitative estimate of drug-likeness (QED) is 0.748. The molecule has 4 nitrogen and oxygen atoms in total. The van der Waals surface area contributed by atoms with Crippen LogP contribution < -0.4 is 10.5 Å². The molecule has 1 aromatic heterocycles. The van der Waals surface area contributed by atoms with E-state index >= 15 is 0 Å². The van der Waals surface area contributed by atoms with Crippen molar-refractivity contribution in [3.05, 3.63) is 83.2 Å². The van der Waals surface area contributed by atoms with Crippen LogP contribution in [0.3, 0.4) is 0 Å². The summed E-state index contributed by atoms with van der Waals surface area (Å²) in [6, 6.07) is 15.7. The number of hydrogen-bond acceptors (Lipinski definition) is 3. The number of primary amides is 1. The lowest BCUT2D eigenvalue weighted by atomic mass is 9.87. The first-order chi connectivity index (χ1) is 12.5.